The summed E-state index contributed by atoms with van der Waals surface area (Å²) in [5.41, 5.74) is -1.04. The monoisotopic (exact) mass is 301 g/mol. The number of halogens is 1. The van der Waals surface area contributed by atoms with E-state index in [1.807, 2.05) is 18.7 Å². The molecule has 0 aromatic rings. The molecule has 0 amide bonds. The van der Waals surface area contributed by atoms with Crippen LogP contribution >= 0.6 is 11.8 Å². The molecule has 0 aromatic heterocycles. The van der Waals surface area contributed by atoms with E-state index < -0.39 is 5.67 Å². The van der Waals surface area contributed by atoms with Crippen LogP contribution in [-0.2, 0) is 4.74 Å². The molecule has 0 radical (unpaired) electrons. The number of nitrogens with one attached hydrogen (secondary N) is 1. The molecular weight excluding hydrogens is 273 g/mol. The van der Waals surface area contributed by atoms with Gasteiger partial charge in [-0.3, -0.25) is 0 Å². The van der Waals surface area contributed by atoms with Gasteiger partial charge in [-0.25, -0.2) is 4.39 Å². The van der Waals surface area contributed by atoms with Gasteiger partial charge < -0.3 is 10.1 Å². The SMILES string of the molecule is CC(F)(CC1CCCCN1)C1CCOC2(CCSC2)C1. The van der Waals surface area contributed by atoms with Gasteiger partial charge in [0, 0.05) is 18.4 Å². The van der Waals surface area contributed by atoms with Gasteiger partial charge in [-0.15, -0.1) is 0 Å². The van der Waals surface area contributed by atoms with Crippen LogP contribution in [-0.4, -0.2) is 42.0 Å². The van der Waals surface area contributed by atoms with Crippen LogP contribution < -0.4 is 5.32 Å². The molecule has 2 nitrogen and oxygen atoms in total. The summed E-state index contributed by atoms with van der Waals surface area (Å²) in [6.07, 6.45) is 7.27. The van der Waals surface area contributed by atoms with Crippen molar-refractivity contribution in [3.05, 3.63) is 0 Å². The molecule has 3 saturated heterocycles. The third kappa shape index (κ3) is 3.33. The molecule has 1 N–H and O–H groups in total. The number of ether oxygens (including phenoxy) is 1. The molecule has 3 fully saturated rings. The highest BCUT2D eigenvalue weighted by Crippen LogP contribution is 2.45. The van der Waals surface area contributed by atoms with E-state index in [0.717, 1.165) is 44.6 Å². The van der Waals surface area contributed by atoms with Gasteiger partial charge in [0.25, 0.3) is 0 Å². The maximum atomic E-state index is 15.3. The molecular formula is C16H28FNOS. The van der Waals surface area contributed by atoms with Crippen molar-refractivity contribution in [1.29, 1.82) is 0 Å². The van der Waals surface area contributed by atoms with Crippen molar-refractivity contribution in [2.75, 3.05) is 24.7 Å². The third-order valence-electron chi connectivity index (χ3n) is 5.47. The Bertz CT molecular complexity index is 324. The fraction of sp³-hybridized carbons (Fsp3) is 1.00. The van der Waals surface area contributed by atoms with Gasteiger partial charge >= 0.3 is 0 Å². The normalized spacial score (nSPS) is 41.7. The first kappa shape index (κ1) is 15.1. The summed E-state index contributed by atoms with van der Waals surface area (Å²) in [7, 11) is 0. The summed E-state index contributed by atoms with van der Waals surface area (Å²) in [5.74, 6) is 2.43. The van der Waals surface area contributed by atoms with Crippen molar-refractivity contribution in [3.8, 4) is 0 Å². The fourth-order valence-electron chi connectivity index (χ4n) is 4.15. The van der Waals surface area contributed by atoms with E-state index in [1.54, 1.807) is 0 Å². The van der Waals surface area contributed by atoms with Crippen LogP contribution in [0.5, 0.6) is 0 Å². The third-order valence-corrected chi connectivity index (χ3v) is 6.69. The lowest BCUT2D eigenvalue weighted by Gasteiger charge is -2.43. The van der Waals surface area contributed by atoms with Crippen LogP contribution in [0, 0.1) is 5.92 Å². The largest absolute Gasteiger partial charge is 0.374 e. The van der Waals surface area contributed by atoms with Crippen molar-refractivity contribution in [2.45, 2.75) is 69.2 Å². The van der Waals surface area contributed by atoms with Crippen molar-refractivity contribution in [1.82, 2.24) is 5.32 Å². The lowest BCUT2D eigenvalue weighted by atomic mass is 9.74. The summed E-state index contributed by atoms with van der Waals surface area (Å²) in [6, 6.07) is 0.385. The maximum absolute atomic E-state index is 15.3. The Labute approximate surface area is 126 Å². The first-order chi connectivity index (χ1) is 9.60. The molecule has 3 aliphatic rings. The molecule has 0 aromatic carbocycles. The molecule has 0 saturated carbocycles. The number of hydrogen-bond acceptors (Lipinski definition) is 3. The summed E-state index contributed by atoms with van der Waals surface area (Å²) >= 11 is 1.97. The minimum Gasteiger partial charge on any atom is -0.374 e. The second-order valence-corrected chi connectivity index (χ2v) is 8.26. The molecule has 0 bridgehead atoms. The van der Waals surface area contributed by atoms with Crippen molar-refractivity contribution in [3.63, 3.8) is 0 Å². The summed E-state index contributed by atoms with van der Waals surface area (Å²) in [6.45, 7) is 3.66. The maximum Gasteiger partial charge on any atom is 0.112 e. The molecule has 20 heavy (non-hydrogen) atoms. The van der Waals surface area contributed by atoms with Crippen LogP contribution in [0.15, 0.2) is 0 Å². The first-order valence-corrected chi connectivity index (χ1v) is 9.39. The predicted octanol–water partition coefficient (Wildman–Crippen LogP) is 3.55. The summed E-state index contributed by atoms with van der Waals surface area (Å²) in [4.78, 5) is 0. The van der Waals surface area contributed by atoms with Crippen LogP contribution in [0.25, 0.3) is 0 Å². The molecule has 3 rings (SSSR count). The van der Waals surface area contributed by atoms with Gasteiger partial charge in [-0.05, 0) is 63.7 Å². The average molecular weight is 301 g/mol. The fourth-order valence-corrected chi connectivity index (χ4v) is 5.53. The van der Waals surface area contributed by atoms with Gasteiger partial charge in [-0.1, -0.05) is 6.42 Å². The van der Waals surface area contributed by atoms with E-state index in [4.69, 9.17) is 4.74 Å². The topological polar surface area (TPSA) is 21.3 Å². The zero-order valence-electron chi connectivity index (χ0n) is 12.6. The van der Waals surface area contributed by atoms with E-state index in [0.29, 0.717) is 12.5 Å². The minimum absolute atomic E-state index is 0.000919. The Kier molecular flexibility index (Phi) is 4.63. The van der Waals surface area contributed by atoms with Gasteiger partial charge in [-0.2, -0.15) is 11.8 Å². The molecule has 116 valence electrons. The van der Waals surface area contributed by atoms with Gasteiger partial charge in [0.1, 0.15) is 5.67 Å². The number of thioether (sulfide) groups is 1. The molecule has 1 spiro atoms. The summed E-state index contributed by atoms with van der Waals surface area (Å²) < 4.78 is 21.3. The second-order valence-electron chi connectivity index (χ2n) is 7.15. The highest BCUT2D eigenvalue weighted by molar-refractivity contribution is 7.99. The molecule has 4 heteroatoms. The molecule has 3 aliphatic heterocycles. The van der Waals surface area contributed by atoms with Crippen LogP contribution in [0.4, 0.5) is 4.39 Å². The van der Waals surface area contributed by atoms with Crippen LogP contribution in [0.3, 0.4) is 0 Å². The number of rotatable bonds is 3. The van der Waals surface area contributed by atoms with Crippen molar-refractivity contribution < 1.29 is 9.13 Å². The highest BCUT2D eigenvalue weighted by Gasteiger charge is 2.47. The molecule has 0 aliphatic carbocycles. The van der Waals surface area contributed by atoms with Gasteiger partial charge in [0.15, 0.2) is 0 Å². The van der Waals surface area contributed by atoms with E-state index in [9.17, 15) is 0 Å². The summed E-state index contributed by atoms with van der Waals surface area (Å²) in [5, 5.41) is 3.50. The zero-order valence-corrected chi connectivity index (χ0v) is 13.4. The molecule has 3 heterocycles. The van der Waals surface area contributed by atoms with Gasteiger partial charge in [0.05, 0.1) is 5.60 Å². The lowest BCUT2D eigenvalue weighted by molar-refractivity contribution is -0.110. The van der Waals surface area contributed by atoms with E-state index >= 15 is 4.39 Å². The quantitative estimate of drug-likeness (QED) is 0.861. The smallest absolute Gasteiger partial charge is 0.112 e. The molecule has 4 unspecified atom stereocenters. The van der Waals surface area contributed by atoms with E-state index in [2.05, 4.69) is 5.32 Å². The Morgan fingerprint density at radius 3 is 3.00 bits per heavy atom. The zero-order chi connectivity index (χ0) is 14.1. The van der Waals surface area contributed by atoms with Crippen LogP contribution in [0.2, 0.25) is 0 Å². The Morgan fingerprint density at radius 2 is 2.30 bits per heavy atom. The average Bonchev–Trinajstić information content (AvgIpc) is 2.87. The standard InChI is InChI=1S/C16H28FNOS/c1-15(17,11-14-4-2-3-7-18-14)13-5-8-19-16(10-13)6-9-20-12-16/h13-14,18H,2-12H2,1H3. The first-order valence-electron chi connectivity index (χ1n) is 8.24. The van der Waals surface area contributed by atoms with Gasteiger partial charge in [0.2, 0.25) is 0 Å². The Balaban J connectivity index is 1.60. The minimum atomic E-state index is -1.04. The predicted molar refractivity (Wildman–Crippen MR) is 83.1 cm³/mol. The second kappa shape index (κ2) is 6.13. The number of alkyl halides is 1. The Morgan fingerprint density at radius 1 is 1.40 bits per heavy atom. The van der Waals surface area contributed by atoms with Crippen LogP contribution in [0.1, 0.15) is 51.9 Å². The van der Waals surface area contributed by atoms with Crippen molar-refractivity contribution >= 4 is 11.8 Å². The van der Waals surface area contributed by atoms with Crippen molar-refractivity contribution in [2.24, 2.45) is 5.92 Å². The van der Waals surface area contributed by atoms with E-state index in [1.165, 1.54) is 18.6 Å². The Hall–Kier alpha value is 0.200. The lowest BCUT2D eigenvalue weighted by Crippen LogP contribution is -2.48. The molecule has 4 atom stereocenters. The highest BCUT2D eigenvalue weighted by atomic mass is 32.2. The van der Waals surface area contributed by atoms with E-state index in [-0.39, 0.29) is 11.5 Å². The number of piperidine rings is 1. The number of hydrogen-bond donors (Lipinski definition) is 1.